The summed E-state index contributed by atoms with van der Waals surface area (Å²) >= 11 is 3.25. The molecule has 0 aromatic carbocycles. The van der Waals surface area contributed by atoms with Gasteiger partial charge in [-0.25, -0.2) is 9.97 Å². The van der Waals surface area contributed by atoms with Crippen LogP contribution in [0.25, 0.3) is 0 Å². The third-order valence-corrected chi connectivity index (χ3v) is 2.49. The highest BCUT2D eigenvalue weighted by Crippen LogP contribution is 2.23. The van der Waals surface area contributed by atoms with Gasteiger partial charge in [-0.15, -0.1) is 0 Å². The van der Waals surface area contributed by atoms with Crippen molar-refractivity contribution in [1.82, 2.24) is 9.97 Å². The van der Waals surface area contributed by atoms with Crippen molar-refractivity contribution in [2.75, 3.05) is 19.5 Å². The van der Waals surface area contributed by atoms with E-state index in [9.17, 15) is 0 Å². The van der Waals surface area contributed by atoms with Gasteiger partial charge in [-0.3, -0.25) is 0 Å². The van der Waals surface area contributed by atoms with Crippen LogP contribution in [0.3, 0.4) is 0 Å². The molecule has 0 saturated heterocycles. The molecule has 1 aromatic heterocycles. The lowest BCUT2D eigenvalue weighted by molar-refractivity contribution is 0.142. The molecule has 0 unspecified atom stereocenters. The fraction of sp³-hybridized carbons (Fsp3) is 0.556. The summed E-state index contributed by atoms with van der Waals surface area (Å²) in [5.41, 5.74) is 5.46. The molecule has 0 saturated carbocycles. The van der Waals surface area contributed by atoms with Gasteiger partial charge in [0, 0.05) is 18.7 Å². The van der Waals surface area contributed by atoms with E-state index in [1.807, 2.05) is 13.8 Å². The number of rotatable bonds is 3. The van der Waals surface area contributed by atoms with Crippen LogP contribution in [0.5, 0.6) is 0 Å². The first-order valence-electron chi connectivity index (χ1n) is 4.25. The highest BCUT2D eigenvalue weighted by atomic mass is 79.9. The summed E-state index contributed by atoms with van der Waals surface area (Å²) in [6.07, 6.45) is 1.66. The Bertz CT molecular complexity index is 328. The number of hydrogen-bond donors (Lipinski definition) is 1. The van der Waals surface area contributed by atoms with Gasteiger partial charge in [0.15, 0.2) is 0 Å². The molecule has 0 spiro atoms. The summed E-state index contributed by atoms with van der Waals surface area (Å²) in [5.74, 6) is 1.15. The van der Waals surface area contributed by atoms with E-state index in [1.165, 1.54) is 0 Å². The maximum absolute atomic E-state index is 5.67. The Morgan fingerprint density at radius 1 is 1.57 bits per heavy atom. The fourth-order valence-corrected chi connectivity index (χ4v) is 1.32. The number of hydrogen-bond acceptors (Lipinski definition) is 4. The Balaban J connectivity index is 3.01. The number of nitrogens with two attached hydrogens (primary N) is 1. The largest absolute Gasteiger partial charge is 0.384 e. The molecule has 78 valence electrons. The number of nitrogen functional groups attached to an aromatic ring is 1. The molecular weight excluding hydrogens is 246 g/mol. The molecule has 0 amide bonds. The van der Waals surface area contributed by atoms with Crippen molar-refractivity contribution in [3.8, 4) is 0 Å². The van der Waals surface area contributed by atoms with Gasteiger partial charge in [-0.05, 0) is 15.9 Å². The average molecular weight is 260 g/mol. The second kappa shape index (κ2) is 4.23. The number of nitrogens with zero attached hydrogens (tertiary/aromatic N) is 2. The first kappa shape index (κ1) is 11.4. The molecular formula is C9H14BrN3O. The molecule has 0 fully saturated rings. The average Bonchev–Trinajstić information content (AvgIpc) is 2.09. The van der Waals surface area contributed by atoms with E-state index >= 15 is 0 Å². The van der Waals surface area contributed by atoms with Gasteiger partial charge < -0.3 is 10.5 Å². The minimum absolute atomic E-state index is 0.219. The van der Waals surface area contributed by atoms with Crippen molar-refractivity contribution in [2.24, 2.45) is 0 Å². The van der Waals surface area contributed by atoms with Crippen LogP contribution in [0.15, 0.2) is 10.7 Å². The summed E-state index contributed by atoms with van der Waals surface area (Å²) in [7, 11) is 1.66. The lowest BCUT2D eigenvalue weighted by atomic mass is 9.94. The topological polar surface area (TPSA) is 61.0 Å². The van der Waals surface area contributed by atoms with Crippen LogP contribution >= 0.6 is 15.9 Å². The Hall–Kier alpha value is -0.680. The fourth-order valence-electron chi connectivity index (χ4n) is 1.13. The van der Waals surface area contributed by atoms with Crippen LogP contribution in [0, 0.1) is 0 Å². The van der Waals surface area contributed by atoms with Crippen molar-refractivity contribution in [3.05, 3.63) is 16.5 Å². The highest BCUT2D eigenvalue weighted by Gasteiger charge is 2.24. The second-order valence-corrected chi connectivity index (χ2v) is 4.60. The van der Waals surface area contributed by atoms with Crippen molar-refractivity contribution in [1.29, 1.82) is 0 Å². The van der Waals surface area contributed by atoms with Gasteiger partial charge in [0.1, 0.15) is 11.6 Å². The Labute approximate surface area is 92.0 Å². The van der Waals surface area contributed by atoms with E-state index in [-0.39, 0.29) is 5.41 Å². The van der Waals surface area contributed by atoms with E-state index < -0.39 is 0 Å². The third-order valence-electron chi connectivity index (χ3n) is 1.88. The molecule has 14 heavy (non-hydrogen) atoms. The van der Waals surface area contributed by atoms with Crippen molar-refractivity contribution in [3.63, 3.8) is 0 Å². The van der Waals surface area contributed by atoms with E-state index in [1.54, 1.807) is 13.3 Å². The predicted molar refractivity (Wildman–Crippen MR) is 59.0 cm³/mol. The van der Waals surface area contributed by atoms with Gasteiger partial charge >= 0.3 is 0 Å². The number of methoxy groups -OCH3 is 1. The minimum Gasteiger partial charge on any atom is -0.384 e. The lowest BCUT2D eigenvalue weighted by Crippen LogP contribution is -2.26. The number of aromatic nitrogens is 2. The first-order chi connectivity index (χ1) is 6.47. The monoisotopic (exact) mass is 259 g/mol. The lowest BCUT2D eigenvalue weighted by Gasteiger charge is -2.21. The van der Waals surface area contributed by atoms with Gasteiger partial charge in [0.2, 0.25) is 0 Å². The van der Waals surface area contributed by atoms with Gasteiger partial charge in [-0.2, -0.15) is 0 Å². The normalized spacial score (nSPS) is 11.7. The van der Waals surface area contributed by atoms with Crippen LogP contribution in [-0.4, -0.2) is 23.7 Å². The highest BCUT2D eigenvalue weighted by molar-refractivity contribution is 9.10. The van der Waals surface area contributed by atoms with Gasteiger partial charge in [0.25, 0.3) is 0 Å². The molecule has 0 atom stereocenters. The zero-order chi connectivity index (χ0) is 10.8. The molecule has 1 rings (SSSR count). The molecule has 0 aliphatic heterocycles. The van der Waals surface area contributed by atoms with E-state index in [4.69, 9.17) is 10.5 Å². The molecule has 5 heteroatoms. The molecule has 1 aromatic rings. The van der Waals surface area contributed by atoms with Gasteiger partial charge in [0.05, 0.1) is 11.1 Å². The molecule has 0 radical (unpaired) electrons. The number of halogens is 1. The van der Waals surface area contributed by atoms with Crippen molar-refractivity contribution >= 4 is 21.7 Å². The maximum atomic E-state index is 5.67. The maximum Gasteiger partial charge on any atom is 0.141 e. The molecule has 2 N–H and O–H groups in total. The summed E-state index contributed by atoms with van der Waals surface area (Å²) in [6, 6.07) is 0. The zero-order valence-corrected chi connectivity index (χ0v) is 10.1. The summed E-state index contributed by atoms with van der Waals surface area (Å²) in [6.45, 7) is 4.59. The number of ether oxygens (including phenoxy) is 1. The van der Waals surface area contributed by atoms with Crippen LogP contribution in [0.2, 0.25) is 0 Å². The van der Waals surface area contributed by atoms with Crippen LogP contribution in [0.1, 0.15) is 19.7 Å². The Morgan fingerprint density at radius 2 is 2.21 bits per heavy atom. The smallest absolute Gasteiger partial charge is 0.141 e. The van der Waals surface area contributed by atoms with Crippen molar-refractivity contribution in [2.45, 2.75) is 19.3 Å². The summed E-state index contributed by atoms with van der Waals surface area (Å²) in [4.78, 5) is 8.41. The van der Waals surface area contributed by atoms with Crippen molar-refractivity contribution < 1.29 is 4.74 Å². The second-order valence-electron chi connectivity index (χ2n) is 3.74. The quantitative estimate of drug-likeness (QED) is 0.899. The van der Waals surface area contributed by atoms with Crippen LogP contribution in [-0.2, 0) is 10.2 Å². The Morgan fingerprint density at radius 3 is 2.71 bits per heavy atom. The van der Waals surface area contributed by atoms with Crippen LogP contribution < -0.4 is 5.73 Å². The molecule has 0 aliphatic carbocycles. The molecule has 0 bridgehead atoms. The minimum atomic E-state index is -0.219. The SMILES string of the molecule is COCC(C)(C)c1ncc(Br)c(N)n1. The first-order valence-corrected chi connectivity index (χ1v) is 5.04. The molecule has 1 heterocycles. The standard InChI is InChI=1S/C9H14BrN3O/c1-9(2,5-14-3)8-12-4-6(10)7(11)13-8/h4H,5H2,1-3H3,(H2,11,12,13). The molecule has 0 aliphatic rings. The summed E-state index contributed by atoms with van der Waals surface area (Å²) in [5, 5.41) is 0. The summed E-state index contributed by atoms with van der Waals surface area (Å²) < 4.78 is 5.82. The third kappa shape index (κ3) is 2.42. The number of anilines is 1. The van der Waals surface area contributed by atoms with E-state index in [2.05, 4.69) is 25.9 Å². The zero-order valence-electron chi connectivity index (χ0n) is 8.54. The van der Waals surface area contributed by atoms with Crippen LogP contribution in [0.4, 0.5) is 5.82 Å². The molecule has 4 nitrogen and oxygen atoms in total. The van der Waals surface area contributed by atoms with E-state index in [0.29, 0.717) is 18.2 Å². The van der Waals surface area contributed by atoms with E-state index in [0.717, 1.165) is 4.47 Å². The Kier molecular flexibility index (Phi) is 3.44. The predicted octanol–water partition coefficient (Wildman–Crippen LogP) is 1.75. The van der Waals surface area contributed by atoms with Gasteiger partial charge in [-0.1, -0.05) is 13.8 Å².